The van der Waals surface area contributed by atoms with Crippen LogP contribution in [0.1, 0.15) is 66.7 Å². The first-order valence-corrected chi connectivity index (χ1v) is 8.93. The van der Waals surface area contributed by atoms with Crippen LogP contribution in [0.2, 0.25) is 0 Å². The van der Waals surface area contributed by atoms with Crippen molar-refractivity contribution in [2.75, 3.05) is 6.54 Å². The quantitative estimate of drug-likeness (QED) is 0.789. The summed E-state index contributed by atoms with van der Waals surface area (Å²) in [4.78, 5) is 36.2. The Morgan fingerprint density at radius 1 is 1.28 bits per heavy atom. The minimum atomic E-state index is -0.764. The average molecular weight is 351 g/mol. The van der Waals surface area contributed by atoms with Crippen molar-refractivity contribution in [2.24, 2.45) is 5.41 Å². The Morgan fingerprint density at radius 2 is 1.96 bits per heavy atom. The van der Waals surface area contributed by atoms with Crippen LogP contribution in [-0.2, 0) is 19.1 Å². The lowest BCUT2D eigenvalue weighted by Gasteiger charge is -2.43. The van der Waals surface area contributed by atoms with Gasteiger partial charge in [0.15, 0.2) is 11.9 Å². The van der Waals surface area contributed by atoms with Gasteiger partial charge in [-0.15, -0.1) is 0 Å². The molecule has 2 unspecified atom stereocenters. The molecule has 0 heterocycles. The van der Waals surface area contributed by atoms with Crippen LogP contribution in [-0.4, -0.2) is 36.1 Å². The van der Waals surface area contributed by atoms with Gasteiger partial charge in [0.25, 0.3) is 0 Å². The Hall–Kier alpha value is -1.85. The third-order valence-corrected chi connectivity index (χ3v) is 4.93. The van der Waals surface area contributed by atoms with Gasteiger partial charge < -0.3 is 14.8 Å². The van der Waals surface area contributed by atoms with E-state index in [4.69, 9.17) is 9.47 Å². The second kappa shape index (κ2) is 7.18. The third-order valence-electron chi connectivity index (χ3n) is 4.93. The molecule has 2 rings (SSSR count). The van der Waals surface area contributed by atoms with E-state index in [9.17, 15) is 14.4 Å². The van der Waals surface area contributed by atoms with Gasteiger partial charge in [-0.25, -0.2) is 4.79 Å². The summed E-state index contributed by atoms with van der Waals surface area (Å²) in [6.07, 6.45) is 3.28. The Morgan fingerprint density at radius 3 is 2.60 bits per heavy atom. The van der Waals surface area contributed by atoms with E-state index in [-0.39, 0.29) is 17.7 Å². The van der Waals surface area contributed by atoms with E-state index in [1.807, 2.05) is 6.92 Å². The van der Waals surface area contributed by atoms with Gasteiger partial charge >= 0.3 is 12.1 Å². The first kappa shape index (κ1) is 19.5. The van der Waals surface area contributed by atoms with E-state index in [0.717, 1.165) is 31.3 Å². The van der Waals surface area contributed by atoms with Gasteiger partial charge in [-0.2, -0.15) is 0 Å². The van der Waals surface area contributed by atoms with Crippen LogP contribution in [0.3, 0.4) is 0 Å². The topological polar surface area (TPSA) is 81.7 Å². The summed E-state index contributed by atoms with van der Waals surface area (Å²) in [6, 6.07) is 0. The van der Waals surface area contributed by atoms with Crippen LogP contribution in [0.15, 0.2) is 11.1 Å². The number of ketones is 1. The van der Waals surface area contributed by atoms with Crippen molar-refractivity contribution in [1.82, 2.24) is 5.32 Å². The number of ether oxygens (including phenoxy) is 2. The summed E-state index contributed by atoms with van der Waals surface area (Å²) in [5.74, 6) is -0.736. The van der Waals surface area contributed by atoms with Crippen molar-refractivity contribution < 1.29 is 23.9 Å². The Kier molecular flexibility index (Phi) is 5.59. The summed E-state index contributed by atoms with van der Waals surface area (Å²) >= 11 is 0. The molecule has 140 valence electrons. The molecule has 0 aromatic rings. The molecule has 0 aliphatic heterocycles. The zero-order valence-electron chi connectivity index (χ0n) is 15.9. The smallest absolute Gasteiger partial charge is 0.408 e. The molecule has 0 aromatic carbocycles. The van der Waals surface area contributed by atoms with Crippen molar-refractivity contribution in [1.29, 1.82) is 0 Å². The van der Waals surface area contributed by atoms with E-state index in [1.54, 1.807) is 20.8 Å². The average Bonchev–Trinajstić information content (AvgIpc) is 2.48. The van der Waals surface area contributed by atoms with E-state index in [1.165, 1.54) is 5.57 Å². The molecule has 2 atom stereocenters. The number of hydrogen-bond acceptors (Lipinski definition) is 5. The monoisotopic (exact) mass is 351 g/mol. The standard InChI is InChI=1S/C19H29NO5/c1-12-13-8-6-7-9-19(13,5)10-14(16(12)22)24-15(21)11-20-17(23)25-18(2,3)4/h14H,6-11H2,1-5H3,(H,20,23). The maximum absolute atomic E-state index is 12.5. The zero-order valence-corrected chi connectivity index (χ0v) is 15.9. The van der Waals surface area contributed by atoms with Gasteiger partial charge in [-0.3, -0.25) is 9.59 Å². The lowest BCUT2D eigenvalue weighted by atomic mass is 9.63. The molecule has 6 nitrogen and oxygen atoms in total. The third kappa shape index (κ3) is 4.83. The van der Waals surface area contributed by atoms with Crippen molar-refractivity contribution in [3.8, 4) is 0 Å². The number of alkyl carbamates (subject to hydrolysis) is 1. The fourth-order valence-electron chi connectivity index (χ4n) is 3.78. The summed E-state index contributed by atoms with van der Waals surface area (Å²) in [5, 5.41) is 2.36. The predicted octanol–water partition coefficient (Wildman–Crippen LogP) is 3.29. The summed E-state index contributed by atoms with van der Waals surface area (Å²) < 4.78 is 10.4. The molecule has 1 amide bonds. The van der Waals surface area contributed by atoms with Gasteiger partial charge in [-0.1, -0.05) is 18.9 Å². The number of rotatable bonds is 3. The van der Waals surface area contributed by atoms with Gasteiger partial charge in [-0.05, 0) is 57.9 Å². The molecule has 0 aromatic heterocycles. The largest absolute Gasteiger partial charge is 0.453 e. The second-order valence-electron chi connectivity index (χ2n) is 8.27. The molecule has 0 radical (unpaired) electrons. The van der Waals surface area contributed by atoms with Crippen molar-refractivity contribution in [2.45, 2.75) is 78.4 Å². The molecule has 0 bridgehead atoms. The van der Waals surface area contributed by atoms with Crippen LogP contribution < -0.4 is 5.32 Å². The van der Waals surface area contributed by atoms with Crippen molar-refractivity contribution in [3.05, 3.63) is 11.1 Å². The molecule has 1 N–H and O–H groups in total. The summed E-state index contributed by atoms with van der Waals surface area (Å²) in [6.45, 7) is 8.89. The number of amides is 1. The number of carbonyl (C=O) groups is 3. The van der Waals surface area contributed by atoms with Gasteiger partial charge in [0.05, 0.1) is 0 Å². The summed E-state index contributed by atoms with van der Waals surface area (Å²) in [5.41, 5.74) is 1.26. The first-order valence-electron chi connectivity index (χ1n) is 8.93. The number of allylic oxidation sites excluding steroid dienone is 1. The van der Waals surface area contributed by atoms with Crippen molar-refractivity contribution >= 4 is 17.8 Å². The number of fused-ring (bicyclic) bond motifs is 1. The molecule has 25 heavy (non-hydrogen) atoms. The lowest BCUT2D eigenvalue weighted by Crippen LogP contribution is -2.43. The normalized spacial score (nSPS) is 26.8. The molecule has 1 fully saturated rings. The van der Waals surface area contributed by atoms with E-state index < -0.39 is 23.8 Å². The van der Waals surface area contributed by atoms with E-state index in [0.29, 0.717) is 6.42 Å². The Balaban J connectivity index is 1.94. The number of hydrogen-bond donors (Lipinski definition) is 1. The van der Waals surface area contributed by atoms with Crippen LogP contribution in [0.25, 0.3) is 0 Å². The first-order chi connectivity index (χ1) is 11.5. The second-order valence-corrected chi connectivity index (χ2v) is 8.27. The summed E-state index contributed by atoms with van der Waals surface area (Å²) in [7, 11) is 0. The van der Waals surface area contributed by atoms with Gasteiger partial charge in [0.1, 0.15) is 12.1 Å². The fourth-order valence-corrected chi connectivity index (χ4v) is 3.78. The van der Waals surface area contributed by atoms with Crippen LogP contribution >= 0.6 is 0 Å². The molecule has 0 spiro atoms. The van der Waals surface area contributed by atoms with Crippen molar-refractivity contribution in [3.63, 3.8) is 0 Å². The van der Waals surface area contributed by atoms with Crippen LogP contribution in [0.4, 0.5) is 4.79 Å². The molecule has 6 heteroatoms. The zero-order chi connectivity index (χ0) is 18.8. The lowest BCUT2D eigenvalue weighted by molar-refractivity contribution is -0.155. The highest BCUT2D eigenvalue weighted by Crippen LogP contribution is 2.49. The molecule has 0 saturated heterocycles. The highest BCUT2D eigenvalue weighted by molar-refractivity contribution is 6.01. The number of esters is 1. The minimum Gasteiger partial charge on any atom is -0.453 e. The molecule has 1 saturated carbocycles. The van der Waals surface area contributed by atoms with E-state index >= 15 is 0 Å². The SMILES string of the molecule is CC1=C2CCCCC2(C)CC(OC(=O)CNC(=O)OC(C)(C)C)C1=O. The predicted molar refractivity (Wildman–Crippen MR) is 93.0 cm³/mol. The fraction of sp³-hybridized carbons (Fsp3) is 0.737. The number of nitrogens with one attached hydrogen (secondary N) is 1. The van der Waals surface area contributed by atoms with Crippen LogP contribution in [0.5, 0.6) is 0 Å². The molecular formula is C19H29NO5. The molecular weight excluding hydrogens is 322 g/mol. The van der Waals surface area contributed by atoms with Gasteiger partial charge in [0, 0.05) is 6.42 Å². The van der Waals surface area contributed by atoms with Crippen LogP contribution in [0, 0.1) is 5.41 Å². The minimum absolute atomic E-state index is 0.0697. The highest BCUT2D eigenvalue weighted by atomic mass is 16.6. The van der Waals surface area contributed by atoms with Gasteiger partial charge in [0.2, 0.25) is 0 Å². The maximum Gasteiger partial charge on any atom is 0.408 e. The number of Topliss-reactive ketones (excluding diaryl/α,β-unsaturated/α-hetero) is 1. The highest BCUT2D eigenvalue weighted by Gasteiger charge is 2.44. The maximum atomic E-state index is 12.5. The molecule has 2 aliphatic rings. The van der Waals surface area contributed by atoms with E-state index in [2.05, 4.69) is 12.2 Å². The Bertz CT molecular complexity index is 601. The molecule has 2 aliphatic carbocycles. The Labute approximate surface area is 149 Å². The number of carbonyl (C=O) groups excluding carboxylic acids is 3.